The van der Waals surface area contributed by atoms with E-state index in [0.717, 1.165) is 25.9 Å². The first-order valence-electron chi connectivity index (χ1n) is 5.58. The fourth-order valence-corrected chi connectivity index (χ4v) is 3.36. The van der Waals surface area contributed by atoms with Crippen LogP contribution < -0.4 is 10.0 Å². The number of rotatable bonds is 4. The first-order chi connectivity index (χ1) is 7.09. The molecule has 2 fully saturated rings. The highest BCUT2D eigenvalue weighted by Gasteiger charge is 2.33. The summed E-state index contributed by atoms with van der Waals surface area (Å²) < 4.78 is 28.1. The Hall–Kier alpha value is -0.170. The third-order valence-corrected chi connectivity index (χ3v) is 4.79. The smallest absolute Gasteiger partial charge is 0.279 e. The molecule has 1 saturated heterocycles. The van der Waals surface area contributed by atoms with Gasteiger partial charge in [-0.05, 0) is 25.7 Å². The van der Waals surface area contributed by atoms with E-state index in [-0.39, 0.29) is 6.04 Å². The van der Waals surface area contributed by atoms with Gasteiger partial charge in [0, 0.05) is 32.2 Å². The van der Waals surface area contributed by atoms with Crippen LogP contribution in [0.15, 0.2) is 0 Å². The van der Waals surface area contributed by atoms with E-state index in [9.17, 15) is 8.42 Å². The summed E-state index contributed by atoms with van der Waals surface area (Å²) in [4.78, 5) is 0. The van der Waals surface area contributed by atoms with Gasteiger partial charge in [-0.25, -0.2) is 0 Å². The summed E-state index contributed by atoms with van der Waals surface area (Å²) >= 11 is 0. The van der Waals surface area contributed by atoms with Gasteiger partial charge in [0.15, 0.2) is 0 Å². The summed E-state index contributed by atoms with van der Waals surface area (Å²) in [5.41, 5.74) is 0. The monoisotopic (exact) mass is 233 g/mol. The van der Waals surface area contributed by atoms with Gasteiger partial charge in [-0.1, -0.05) is 0 Å². The Balaban J connectivity index is 1.92. The number of nitrogens with one attached hydrogen (secondary N) is 2. The largest absolute Gasteiger partial charge is 0.314 e. The molecule has 1 atom stereocenters. The molecule has 88 valence electrons. The Morgan fingerprint density at radius 2 is 1.93 bits per heavy atom. The van der Waals surface area contributed by atoms with E-state index in [1.165, 1.54) is 4.31 Å². The van der Waals surface area contributed by atoms with E-state index < -0.39 is 10.2 Å². The molecule has 1 aliphatic carbocycles. The van der Waals surface area contributed by atoms with Crippen LogP contribution >= 0.6 is 0 Å². The quantitative estimate of drug-likeness (QED) is 0.690. The lowest BCUT2D eigenvalue weighted by atomic mass is 10.2. The molecule has 0 radical (unpaired) electrons. The molecule has 0 aromatic heterocycles. The van der Waals surface area contributed by atoms with Gasteiger partial charge < -0.3 is 5.32 Å². The van der Waals surface area contributed by atoms with E-state index >= 15 is 0 Å². The first-order valence-corrected chi connectivity index (χ1v) is 7.02. The minimum atomic E-state index is -3.24. The first kappa shape index (κ1) is 11.3. The van der Waals surface area contributed by atoms with Crippen molar-refractivity contribution in [3.63, 3.8) is 0 Å². The van der Waals surface area contributed by atoms with E-state index in [1.807, 2.05) is 6.92 Å². The molecule has 2 N–H and O–H groups in total. The van der Waals surface area contributed by atoms with Crippen molar-refractivity contribution in [2.24, 2.45) is 5.92 Å². The van der Waals surface area contributed by atoms with Crippen LogP contribution in [0.1, 0.15) is 19.8 Å². The van der Waals surface area contributed by atoms with Crippen molar-refractivity contribution in [3.05, 3.63) is 0 Å². The molecule has 2 rings (SSSR count). The van der Waals surface area contributed by atoms with Crippen LogP contribution in [0.4, 0.5) is 0 Å². The average Bonchev–Trinajstić information content (AvgIpc) is 3.01. The molecule has 1 unspecified atom stereocenters. The van der Waals surface area contributed by atoms with Crippen LogP contribution in [-0.4, -0.2) is 44.9 Å². The maximum Gasteiger partial charge on any atom is 0.279 e. The molecule has 5 nitrogen and oxygen atoms in total. The summed E-state index contributed by atoms with van der Waals surface area (Å²) in [6.45, 7) is 4.61. The van der Waals surface area contributed by atoms with Gasteiger partial charge >= 0.3 is 0 Å². The van der Waals surface area contributed by atoms with Crippen molar-refractivity contribution in [3.8, 4) is 0 Å². The Bertz CT molecular complexity index is 307. The predicted molar refractivity (Wildman–Crippen MR) is 58.7 cm³/mol. The highest BCUT2D eigenvalue weighted by molar-refractivity contribution is 7.87. The number of hydrogen-bond donors (Lipinski definition) is 2. The zero-order chi connectivity index (χ0) is 10.9. The normalized spacial score (nSPS) is 26.5. The molecule has 1 saturated carbocycles. The van der Waals surface area contributed by atoms with Gasteiger partial charge in [-0.3, -0.25) is 0 Å². The minimum absolute atomic E-state index is 0.0879. The average molecular weight is 233 g/mol. The Kier molecular flexibility index (Phi) is 3.30. The standard InChI is InChI=1S/C9H19N3O2S/c1-8(9-2-3-9)11-15(13,14)12-6-4-10-5-7-12/h8-11H,2-7H2,1H3. The van der Waals surface area contributed by atoms with E-state index in [4.69, 9.17) is 0 Å². The molecule has 0 amide bonds. The van der Waals surface area contributed by atoms with Crippen LogP contribution in [0.25, 0.3) is 0 Å². The summed E-state index contributed by atoms with van der Waals surface area (Å²) in [7, 11) is -3.24. The molecular weight excluding hydrogens is 214 g/mol. The second-order valence-electron chi connectivity index (χ2n) is 4.40. The number of piperazine rings is 1. The predicted octanol–water partition coefficient (Wildman–Crippen LogP) is -0.475. The summed E-state index contributed by atoms with van der Waals surface area (Å²) in [6.07, 6.45) is 2.32. The van der Waals surface area contributed by atoms with Crippen molar-refractivity contribution in [2.75, 3.05) is 26.2 Å². The van der Waals surface area contributed by atoms with Crippen molar-refractivity contribution in [1.82, 2.24) is 14.3 Å². The number of nitrogens with zero attached hydrogens (tertiary/aromatic N) is 1. The molecule has 15 heavy (non-hydrogen) atoms. The Morgan fingerprint density at radius 3 is 2.47 bits per heavy atom. The third kappa shape index (κ3) is 2.90. The SMILES string of the molecule is CC(NS(=O)(=O)N1CCNCC1)C1CC1. The maximum absolute atomic E-state index is 11.9. The fourth-order valence-electron chi connectivity index (χ4n) is 1.89. The van der Waals surface area contributed by atoms with Gasteiger partial charge in [-0.15, -0.1) is 0 Å². The second-order valence-corrected chi connectivity index (χ2v) is 6.10. The van der Waals surface area contributed by atoms with E-state index in [0.29, 0.717) is 19.0 Å². The molecule has 0 bridgehead atoms. The van der Waals surface area contributed by atoms with Crippen molar-refractivity contribution in [2.45, 2.75) is 25.8 Å². The molecule has 0 aromatic carbocycles. The summed E-state index contributed by atoms with van der Waals surface area (Å²) in [5.74, 6) is 0.558. The Labute approximate surface area is 91.4 Å². The van der Waals surface area contributed by atoms with Crippen LogP contribution in [0.2, 0.25) is 0 Å². The molecule has 1 aliphatic heterocycles. The van der Waals surface area contributed by atoms with Crippen LogP contribution in [0.5, 0.6) is 0 Å². The second kappa shape index (κ2) is 4.37. The third-order valence-electron chi connectivity index (χ3n) is 3.08. The highest BCUT2D eigenvalue weighted by atomic mass is 32.2. The van der Waals surface area contributed by atoms with Crippen molar-refractivity contribution in [1.29, 1.82) is 0 Å². The van der Waals surface area contributed by atoms with Crippen LogP contribution in [0.3, 0.4) is 0 Å². The lowest BCUT2D eigenvalue weighted by Crippen LogP contribution is -2.52. The van der Waals surface area contributed by atoms with Gasteiger partial charge in [-0.2, -0.15) is 17.4 Å². The van der Waals surface area contributed by atoms with Crippen molar-refractivity contribution < 1.29 is 8.42 Å². The minimum Gasteiger partial charge on any atom is -0.314 e. The van der Waals surface area contributed by atoms with E-state index in [1.54, 1.807) is 0 Å². The zero-order valence-electron chi connectivity index (χ0n) is 9.07. The van der Waals surface area contributed by atoms with Crippen LogP contribution in [0, 0.1) is 5.92 Å². The van der Waals surface area contributed by atoms with Crippen LogP contribution in [-0.2, 0) is 10.2 Å². The van der Waals surface area contributed by atoms with Gasteiger partial charge in [0.2, 0.25) is 0 Å². The van der Waals surface area contributed by atoms with Gasteiger partial charge in [0.25, 0.3) is 10.2 Å². The fraction of sp³-hybridized carbons (Fsp3) is 1.00. The molecule has 1 heterocycles. The molecule has 0 spiro atoms. The van der Waals surface area contributed by atoms with Crippen molar-refractivity contribution >= 4 is 10.2 Å². The zero-order valence-corrected chi connectivity index (χ0v) is 9.89. The van der Waals surface area contributed by atoms with E-state index in [2.05, 4.69) is 10.0 Å². The summed E-state index contributed by atoms with van der Waals surface area (Å²) in [6, 6.07) is 0.0879. The maximum atomic E-state index is 11.9. The highest BCUT2D eigenvalue weighted by Crippen LogP contribution is 2.32. The lowest BCUT2D eigenvalue weighted by molar-refractivity contribution is 0.350. The number of hydrogen-bond acceptors (Lipinski definition) is 3. The van der Waals surface area contributed by atoms with Gasteiger partial charge in [0.1, 0.15) is 0 Å². The lowest BCUT2D eigenvalue weighted by Gasteiger charge is -2.28. The molecular formula is C9H19N3O2S. The Morgan fingerprint density at radius 1 is 1.33 bits per heavy atom. The van der Waals surface area contributed by atoms with Gasteiger partial charge in [0.05, 0.1) is 0 Å². The molecule has 0 aromatic rings. The molecule has 2 aliphatic rings. The topological polar surface area (TPSA) is 61.4 Å². The summed E-state index contributed by atoms with van der Waals surface area (Å²) in [5, 5.41) is 3.14. The molecule has 6 heteroatoms.